The van der Waals surface area contributed by atoms with Crippen LogP contribution in [0.25, 0.3) is 22.8 Å². The van der Waals surface area contributed by atoms with E-state index in [1.54, 1.807) is 31.4 Å². The summed E-state index contributed by atoms with van der Waals surface area (Å²) in [4.78, 5) is 16.7. The van der Waals surface area contributed by atoms with Crippen LogP contribution in [-0.4, -0.2) is 23.2 Å². The molecule has 0 saturated heterocycles. The Morgan fingerprint density at radius 1 is 1.00 bits per heavy atom. The van der Waals surface area contributed by atoms with Crippen LogP contribution < -0.4 is 10.1 Å². The van der Waals surface area contributed by atoms with Gasteiger partial charge in [0.05, 0.1) is 7.11 Å². The molecule has 1 aromatic heterocycles. The normalized spacial score (nSPS) is 10.6. The molecule has 144 valence electrons. The topological polar surface area (TPSA) is 77.3 Å². The van der Waals surface area contributed by atoms with Crippen LogP contribution in [0.1, 0.15) is 10.4 Å². The van der Waals surface area contributed by atoms with Gasteiger partial charge in [-0.25, -0.2) is 4.39 Å². The highest BCUT2D eigenvalue weighted by Gasteiger charge is 2.12. The summed E-state index contributed by atoms with van der Waals surface area (Å²) in [5.74, 6) is 0.776. The van der Waals surface area contributed by atoms with Crippen LogP contribution in [0.15, 0.2) is 77.3 Å². The van der Waals surface area contributed by atoms with Gasteiger partial charge in [0.2, 0.25) is 5.82 Å². The van der Waals surface area contributed by atoms with E-state index >= 15 is 0 Å². The number of ether oxygens (including phenoxy) is 1. The van der Waals surface area contributed by atoms with Crippen LogP contribution in [-0.2, 0) is 0 Å². The summed E-state index contributed by atoms with van der Waals surface area (Å²) in [5, 5.41) is 6.79. The van der Waals surface area contributed by atoms with E-state index in [1.165, 1.54) is 24.3 Å². The smallest absolute Gasteiger partial charge is 0.258 e. The monoisotopic (exact) mass is 389 g/mol. The molecule has 4 aromatic rings. The Hall–Kier alpha value is -4.00. The van der Waals surface area contributed by atoms with Crippen molar-refractivity contribution >= 4 is 11.6 Å². The van der Waals surface area contributed by atoms with E-state index in [4.69, 9.17) is 9.26 Å². The van der Waals surface area contributed by atoms with Crippen LogP contribution in [0.2, 0.25) is 0 Å². The van der Waals surface area contributed by atoms with E-state index in [0.717, 1.165) is 11.3 Å². The quantitative estimate of drug-likeness (QED) is 0.530. The first-order valence-electron chi connectivity index (χ1n) is 8.78. The lowest BCUT2D eigenvalue weighted by atomic mass is 10.1. The number of amides is 1. The molecule has 0 aliphatic rings. The molecule has 1 amide bonds. The number of hydrogen-bond donors (Lipinski definition) is 1. The van der Waals surface area contributed by atoms with Crippen LogP contribution in [0.4, 0.5) is 10.1 Å². The van der Waals surface area contributed by atoms with Gasteiger partial charge < -0.3 is 14.6 Å². The molecule has 1 heterocycles. The molecule has 0 aliphatic carbocycles. The number of rotatable bonds is 5. The lowest BCUT2D eigenvalue weighted by Gasteiger charge is -2.06. The van der Waals surface area contributed by atoms with Crippen molar-refractivity contribution in [2.24, 2.45) is 0 Å². The molecule has 0 bridgehead atoms. The van der Waals surface area contributed by atoms with Gasteiger partial charge in [-0.15, -0.1) is 0 Å². The number of nitrogens with one attached hydrogen (secondary N) is 1. The van der Waals surface area contributed by atoms with Crippen molar-refractivity contribution in [3.05, 3.63) is 84.2 Å². The Bertz CT molecular complexity index is 1140. The molecular weight excluding hydrogens is 373 g/mol. The number of aromatic nitrogens is 2. The maximum atomic E-state index is 13.0. The van der Waals surface area contributed by atoms with E-state index in [2.05, 4.69) is 15.5 Å². The number of carbonyl (C=O) groups is 1. The second-order valence-electron chi connectivity index (χ2n) is 6.19. The number of halogens is 1. The zero-order chi connectivity index (χ0) is 20.2. The van der Waals surface area contributed by atoms with Gasteiger partial charge in [-0.1, -0.05) is 11.2 Å². The van der Waals surface area contributed by atoms with E-state index < -0.39 is 5.82 Å². The molecule has 0 radical (unpaired) electrons. The molecule has 0 fully saturated rings. The summed E-state index contributed by atoms with van der Waals surface area (Å²) in [5.41, 5.74) is 2.37. The van der Waals surface area contributed by atoms with Gasteiger partial charge >= 0.3 is 0 Å². The van der Waals surface area contributed by atoms with E-state index in [0.29, 0.717) is 28.5 Å². The zero-order valence-electron chi connectivity index (χ0n) is 15.4. The van der Waals surface area contributed by atoms with E-state index in [-0.39, 0.29) is 5.91 Å². The number of hydrogen-bond acceptors (Lipinski definition) is 5. The first-order chi connectivity index (χ1) is 14.1. The van der Waals surface area contributed by atoms with Crippen molar-refractivity contribution in [3.63, 3.8) is 0 Å². The maximum Gasteiger partial charge on any atom is 0.258 e. The van der Waals surface area contributed by atoms with Gasteiger partial charge in [0.15, 0.2) is 0 Å². The molecule has 0 saturated carbocycles. The molecule has 0 atom stereocenters. The molecule has 0 unspecified atom stereocenters. The Labute approximate surface area is 166 Å². The molecule has 3 aromatic carbocycles. The fourth-order valence-electron chi connectivity index (χ4n) is 2.73. The summed E-state index contributed by atoms with van der Waals surface area (Å²) >= 11 is 0. The summed E-state index contributed by atoms with van der Waals surface area (Å²) in [6.07, 6.45) is 0. The number of benzene rings is 3. The minimum Gasteiger partial charge on any atom is -0.497 e. The molecule has 0 spiro atoms. The molecule has 4 rings (SSSR count). The maximum absolute atomic E-state index is 13.0. The molecule has 1 N–H and O–H groups in total. The highest BCUT2D eigenvalue weighted by Crippen LogP contribution is 2.25. The van der Waals surface area contributed by atoms with Gasteiger partial charge in [0.25, 0.3) is 11.8 Å². The van der Waals surface area contributed by atoms with Crippen molar-refractivity contribution in [3.8, 4) is 28.6 Å². The van der Waals surface area contributed by atoms with Crippen LogP contribution >= 0.6 is 0 Å². The molecule has 0 aliphatic heterocycles. The Balaban J connectivity index is 1.53. The van der Waals surface area contributed by atoms with Gasteiger partial charge in [0, 0.05) is 22.4 Å². The molecule has 29 heavy (non-hydrogen) atoms. The summed E-state index contributed by atoms with van der Waals surface area (Å²) < 4.78 is 23.5. The van der Waals surface area contributed by atoms with Crippen molar-refractivity contribution in [1.82, 2.24) is 10.1 Å². The van der Waals surface area contributed by atoms with Gasteiger partial charge in [-0.2, -0.15) is 4.98 Å². The minimum atomic E-state index is -0.396. The first kappa shape index (κ1) is 18.4. The summed E-state index contributed by atoms with van der Waals surface area (Å²) in [6.45, 7) is 0. The fraction of sp³-hybridized carbons (Fsp3) is 0.0455. The summed E-state index contributed by atoms with van der Waals surface area (Å²) in [7, 11) is 1.60. The molecular formula is C22H16FN3O3. The Kier molecular flexibility index (Phi) is 5.03. The van der Waals surface area contributed by atoms with Crippen molar-refractivity contribution in [2.75, 3.05) is 12.4 Å². The van der Waals surface area contributed by atoms with E-state index in [1.807, 2.05) is 24.3 Å². The third-order valence-electron chi connectivity index (χ3n) is 4.25. The van der Waals surface area contributed by atoms with Crippen molar-refractivity contribution < 1.29 is 18.4 Å². The fourth-order valence-corrected chi connectivity index (χ4v) is 2.73. The Morgan fingerprint density at radius 2 is 1.76 bits per heavy atom. The van der Waals surface area contributed by atoms with Crippen molar-refractivity contribution in [1.29, 1.82) is 0 Å². The van der Waals surface area contributed by atoms with Crippen LogP contribution in [0.3, 0.4) is 0 Å². The van der Waals surface area contributed by atoms with E-state index in [9.17, 15) is 9.18 Å². The SMILES string of the molecule is COc1ccc(-c2noc(-c3cccc(NC(=O)c4ccc(F)cc4)c3)n2)cc1. The lowest BCUT2D eigenvalue weighted by molar-refractivity contribution is 0.102. The van der Waals surface area contributed by atoms with Crippen molar-refractivity contribution in [2.45, 2.75) is 0 Å². The van der Waals surface area contributed by atoms with Gasteiger partial charge in [0.1, 0.15) is 11.6 Å². The first-order valence-corrected chi connectivity index (χ1v) is 8.78. The third kappa shape index (κ3) is 4.14. The van der Waals surface area contributed by atoms with Crippen LogP contribution in [0.5, 0.6) is 5.75 Å². The predicted molar refractivity (Wildman–Crippen MR) is 106 cm³/mol. The number of methoxy groups -OCH3 is 1. The number of anilines is 1. The zero-order valence-corrected chi connectivity index (χ0v) is 15.4. The van der Waals surface area contributed by atoms with Crippen LogP contribution in [0, 0.1) is 5.82 Å². The largest absolute Gasteiger partial charge is 0.497 e. The lowest BCUT2D eigenvalue weighted by Crippen LogP contribution is -2.11. The second kappa shape index (κ2) is 7.93. The minimum absolute atomic E-state index is 0.327. The highest BCUT2D eigenvalue weighted by molar-refractivity contribution is 6.04. The second-order valence-corrected chi connectivity index (χ2v) is 6.19. The Morgan fingerprint density at radius 3 is 2.48 bits per heavy atom. The average molecular weight is 389 g/mol. The summed E-state index contributed by atoms with van der Waals surface area (Å²) in [6, 6.07) is 19.7. The third-order valence-corrected chi connectivity index (χ3v) is 4.25. The average Bonchev–Trinajstić information content (AvgIpc) is 3.25. The number of carbonyl (C=O) groups excluding carboxylic acids is 1. The van der Waals surface area contributed by atoms with Gasteiger partial charge in [-0.05, 0) is 66.7 Å². The standard InChI is InChI=1S/C22H16FN3O3/c1-28-19-11-7-14(8-12-19)20-25-22(29-26-20)16-3-2-4-18(13-16)24-21(27)15-5-9-17(23)10-6-15/h2-13H,1H3,(H,24,27). The highest BCUT2D eigenvalue weighted by atomic mass is 19.1. The van der Waals surface area contributed by atoms with Gasteiger partial charge in [-0.3, -0.25) is 4.79 Å². The molecule has 6 nitrogen and oxygen atoms in total. The predicted octanol–water partition coefficient (Wildman–Crippen LogP) is 4.80. The molecule has 7 heteroatoms. The number of nitrogens with zero attached hydrogens (tertiary/aromatic N) is 2.